The molecule has 3 aromatic rings. The summed E-state index contributed by atoms with van der Waals surface area (Å²) >= 11 is 1.31. The van der Waals surface area contributed by atoms with Gasteiger partial charge >= 0.3 is 6.61 Å². The summed E-state index contributed by atoms with van der Waals surface area (Å²) in [4.78, 5) is 17.4. The molecule has 0 atom stereocenters. The van der Waals surface area contributed by atoms with E-state index < -0.39 is 12.5 Å². The number of alkyl halides is 2. The molecular formula is C16H12F2N2O3S. The fourth-order valence-corrected chi connectivity index (χ4v) is 2.94. The number of hydrogen-bond acceptors (Lipinski definition) is 5. The number of aryl methyl sites for hydroxylation is 1. The van der Waals surface area contributed by atoms with Crippen LogP contribution in [0.25, 0.3) is 10.8 Å². The van der Waals surface area contributed by atoms with Crippen LogP contribution in [0.4, 0.5) is 14.5 Å². The minimum Gasteiger partial charge on any atom is -0.462 e. The lowest BCUT2D eigenvalue weighted by molar-refractivity contribution is -0.0493. The fourth-order valence-electron chi connectivity index (χ4n) is 2.06. The summed E-state index contributed by atoms with van der Waals surface area (Å²) in [6, 6.07) is 9.44. The van der Waals surface area contributed by atoms with E-state index in [2.05, 4.69) is 15.0 Å². The Morgan fingerprint density at radius 3 is 2.79 bits per heavy atom. The van der Waals surface area contributed by atoms with Crippen LogP contribution in [-0.2, 0) is 0 Å². The van der Waals surface area contributed by atoms with Gasteiger partial charge in [-0.05, 0) is 31.2 Å². The molecular weight excluding hydrogens is 338 g/mol. The van der Waals surface area contributed by atoms with Crippen molar-refractivity contribution in [2.45, 2.75) is 13.5 Å². The van der Waals surface area contributed by atoms with Crippen LogP contribution in [0, 0.1) is 6.92 Å². The lowest BCUT2D eigenvalue weighted by Crippen LogP contribution is -2.15. The summed E-state index contributed by atoms with van der Waals surface area (Å²) < 4.78 is 34.5. The minimum atomic E-state index is -2.98. The lowest BCUT2D eigenvalue weighted by Gasteiger charge is -2.11. The summed E-state index contributed by atoms with van der Waals surface area (Å²) in [6.07, 6.45) is 1.52. The van der Waals surface area contributed by atoms with Crippen molar-refractivity contribution in [3.05, 3.63) is 53.2 Å². The van der Waals surface area contributed by atoms with Gasteiger partial charge in [-0.15, -0.1) is 11.3 Å². The molecule has 0 aliphatic carbocycles. The van der Waals surface area contributed by atoms with E-state index in [0.717, 1.165) is 0 Å². The zero-order chi connectivity index (χ0) is 17.1. The molecule has 1 amide bonds. The molecule has 1 aromatic carbocycles. The molecule has 5 nitrogen and oxygen atoms in total. The van der Waals surface area contributed by atoms with Crippen molar-refractivity contribution < 1.29 is 22.7 Å². The molecule has 1 N–H and O–H groups in total. The molecule has 2 aromatic heterocycles. The molecule has 0 saturated carbocycles. The molecule has 124 valence electrons. The van der Waals surface area contributed by atoms with Crippen molar-refractivity contribution in [2.24, 2.45) is 0 Å². The van der Waals surface area contributed by atoms with Gasteiger partial charge in [0.15, 0.2) is 10.8 Å². The maximum Gasteiger partial charge on any atom is 0.387 e. The zero-order valence-corrected chi connectivity index (χ0v) is 13.3. The van der Waals surface area contributed by atoms with Gasteiger partial charge in [0.2, 0.25) is 0 Å². The molecule has 0 saturated heterocycles. The number of benzene rings is 1. The second-order valence-corrected chi connectivity index (χ2v) is 5.93. The van der Waals surface area contributed by atoms with Crippen LogP contribution in [0.1, 0.15) is 15.4 Å². The third kappa shape index (κ3) is 3.43. The number of amides is 1. The van der Waals surface area contributed by atoms with E-state index in [4.69, 9.17) is 4.42 Å². The summed E-state index contributed by atoms with van der Waals surface area (Å²) in [7, 11) is 0. The molecule has 3 rings (SSSR count). The number of hydrogen-bond donors (Lipinski definition) is 1. The number of furan rings is 1. The molecule has 0 aliphatic heterocycles. The van der Waals surface area contributed by atoms with Gasteiger partial charge in [0.1, 0.15) is 11.4 Å². The quantitative estimate of drug-likeness (QED) is 0.732. The number of anilines is 1. The Balaban J connectivity index is 1.84. The average molecular weight is 350 g/mol. The Labute approximate surface area is 139 Å². The van der Waals surface area contributed by atoms with E-state index in [9.17, 15) is 13.6 Å². The minimum absolute atomic E-state index is 0.111. The number of para-hydroxylation sites is 2. The number of carbonyl (C=O) groups is 1. The second-order valence-electron chi connectivity index (χ2n) is 4.73. The first-order valence-corrected chi connectivity index (χ1v) is 7.72. The number of halogens is 2. The maximum atomic E-state index is 12.4. The summed E-state index contributed by atoms with van der Waals surface area (Å²) in [5.74, 6) is -0.0598. The van der Waals surface area contributed by atoms with Gasteiger partial charge in [-0.1, -0.05) is 12.1 Å². The second kappa shape index (κ2) is 6.79. The predicted molar refractivity (Wildman–Crippen MR) is 85.6 cm³/mol. The van der Waals surface area contributed by atoms with Crippen molar-refractivity contribution >= 4 is 22.9 Å². The molecule has 0 fully saturated rings. The molecule has 24 heavy (non-hydrogen) atoms. The molecule has 0 spiro atoms. The molecule has 0 unspecified atom stereocenters. The van der Waals surface area contributed by atoms with Gasteiger partial charge in [-0.25, -0.2) is 4.98 Å². The number of thiazole rings is 1. The van der Waals surface area contributed by atoms with Crippen LogP contribution >= 0.6 is 11.3 Å². The zero-order valence-electron chi connectivity index (χ0n) is 12.5. The normalized spacial score (nSPS) is 10.8. The van der Waals surface area contributed by atoms with Crippen LogP contribution < -0.4 is 10.1 Å². The number of carbonyl (C=O) groups excluding carboxylic acids is 1. The maximum absolute atomic E-state index is 12.4. The Morgan fingerprint density at radius 1 is 1.29 bits per heavy atom. The van der Waals surface area contributed by atoms with E-state index >= 15 is 0 Å². The Morgan fingerprint density at radius 2 is 2.08 bits per heavy atom. The van der Waals surface area contributed by atoms with Gasteiger partial charge in [0.05, 0.1) is 12.0 Å². The highest BCUT2D eigenvalue weighted by molar-refractivity contribution is 7.15. The van der Waals surface area contributed by atoms with Gasteiger partial charge in [0.25, 0.3) is 5.91 Å². The SMILES string of the molecule is Cc1sc(-c2ccco2)nc1C(=O)Nc1ccccc1OC(F)F. The van der Waals surface area contributed by atoms with E-state index in [1.54, 1.807) is 25.1 Å². The van der Waals surface area contributed by atoms with Crippen LogP contribution in [0.3, 0.4) is 0 Å². The van der Waals surface area contributed by atoms with E-state index in [-0.39, 0.29) is 17.1 Å². The molecule has 0 radical (unpaired) electrons. The predicted octanol–water partition coefficient (Wildman–Crippen LogP) is 4.57. The molecule has 8 heteroatoms. The van der Waals surface area contributed by atoms with Crippen LogP contribution in [-0.4, -0.2) is 17.5 Å². The lowest BCUT2D eigenvalue weighted by atomic mass is 10.2. The van der Waals surface area contributed by atoms with Gasteiger partial charge in [-0.3, -0.25) is 4.79 Å². The van der Waals surface area contributed by atoms with Crippen LogP contribution in [0.15, 0.2) is 47.1 Å². The summed E-state index contributed by atoms with van der Waals surface area (Å²) in [5, 5.41) is 3.12. The summed E-state index contributed by atoms with van der Waals surface area (Å²) in [5.41, 5.74) is 0.355. The van der Waals surface area contributed by atoms with Crippen molar-refractivity contribution in [2.75, 3.05) is 5.32 Å². The standard InChI is InChI=1S/C16H12F2N2O3S/c1-9-13(20-15(24-9)12-7-4-8-22-12)14(21)19-10-5-2-3-6-11(10)23-16(17)18/h2-8,16H,1H3,(H,19,21). The smallest absolute Gasteiger partial charge is 0.387 e. The fraction of sp³-hybridized carbons (Fsp3) is 0.125. The van der Waals surface area contributed by atoms with E-state index in [1.807, 2.05) is 0 Å². The number of nitrogens with zero attached hydrogens (tertiary/aromatic N) is 1. The van der Waals surface area contributed by atoms with Crippen molar-refractivity contribution in [3.63, 3.8) is 0 Å². The first kappa shape index (κ1) is 16.1. The number of ether oxygens (including phenoxy) is 1. The van der Waals surface area contributed by atoms with Gasteiger partial charge in [-0.2, -0.15) is 8.78 Å². The number of rotatable bonds is 5. The third-order valence-electron chi connectivity index (χ3n) is 3.09. The van der Waals surface area contributed by atoms with Crippen molar-refractivity contribution in [1.82, 2.24) is 4.98 Å². The third-order valence-corrected chi connectivity index (χ3v) is 4.08. The Bertz CT molecular complexity index is 847. The van der Waals surface area contributed by atoms with Gasteiger partial charge < -0.3 is 14.5 Å². The Hall–Kier alpha value is -2.74. The van der Waals surface area contributed by atoms with E-state index in [1.165, 1.54) is 35.8 Å². The largest absolute Gasteiger partial charge is 0.462 e. The van der Waals surface area contributed by atoms with Crippen LogP contribution in [0.5, 0.6) is 5.75 Å². The first-order chi connectivity index (χ1) is 11.5. The first-order valence-electron chi connectivity index (χ1n) is 6.91. The number of aromatic nitrogens is 1. The molecule has 0 bridgehead atoms. The average Bonchev–Trinajstić information content (AvgIpc) is 3.18. The molecule has 2 heterocycles. The van der Waals surface area contributed by atoms with Crippen molar-refractivity contribution in [3.8, 4) is 16.5 Å². The Kier molecular flexibility index (Phi) is 4.57. The highest BCUT2D eigenvalue weighted by atomic mass is 32.1. The summed E-state index contributed by atoms with van der Waals surface area (Å²) in [6.45, 7) is -1.23. The monoisotopic (exact) mass is 350 g/mol. The highest BCUT2D eigenvalue weighted by Gasteiger charge is 2.19. The molecule has 0 aliphatic rings. The van der Waals surface area contributed by atoms with Crippen LogP contribution in [0.2, 0.25) is 0 Å². The van der Waals surface area contributed by atoms with E-state index in [0.29, 0.717) is 15.6 Å². The number of nitrogens with one attached hydrogen (secondary N) is 1. The topological polar surface area (TPSA) is 64.4 Å². The van der Waals surface area contributed by atoms with Crippen molar-refractivity contribution in [1.29, 1.82) is 0 Å². The highest BCUT2D eigenvalue weighted by Crippen LogP contribution is 2.30. The van der Waals surface area contributed by atoms with Gasteiger partial charge in [0, 0.05) is 4.88 Å².